The van der Waals surface area contributed by atoms with E-state index in [0.29, 0.717) is 25.0 Å². The summed E-state index contributed by atoms with van der Waals surface area (Å²) in [5.41, 5.74) is 0.301. The molecule has 1 spiro atoms. The number of aliphatic hydroxyl groups is 1. The lowest BCUT2D eigenvalue weighted by Gasteiger charge is -2.42. The van der Waals surface area contributed by atoms with Crippen LogP contribution in [0.4, 0.5) is 0 Å². The van der Waals surface area contributed by atoms with Gasteiger partial charge in [-0.05, 0) is 6.07 Å². The summed E-state index contributed by atoms with van der Waals surface area (Å²) in [7, 11) is -2.91. The number of fused-ring (bicyclic) bond motifs is 1. The van der Waals surface area contributed by atoms with Crippen LogP contribution < -0.4 is 4.74 Å². The molecule has 1 unspecified atom stereocenters. The first kappa shape index (κ1) is 12.0. The molecule has 2 heterocycles. The predicted molar refractivity (Wildman–Crippen MR) is 67.3 cm³/mol. The highest BCUT2D eigenvalue weighted by molar-refractivity contribution is 7.91. The molecule has 0 aromatic heterocycles. The SMILES string of the molecule is O=S1(=O)CCC2(CC1)CC(O)c1ccccc1O2. The van der Waals surface area contributed by atoms with Crippen LogP contribution >= 0.6 is 0 Å². The van der Waals surface area contributed by atoms with E-state index < -0.39 is 21.5 Å². The van der Waals surface area contributed by atoms with Gasteiger partial charge in [0.25, 0.3) is 0 Å². The van der Waals surface area contributed by atoms with Crippen molar-refractivity contribution < 1.29 is 18.3 Å². The molecule has 1 atom stereocenters. The number of hydrogen-bond donors (Lipinski definition) is 1. The maximum atomic E-state index is 11.5. The molecule has 5 heteroatoms. The van der Waals surface area contributed by atoms with Crippen LogP contribution in [0.5, 0.6) is 5.75 Å². The largest absolute Gasteiger partial charge is 0.487 e. The summed E-state index contributed by atoms with van der Waals surface area (Å²) in [6.45, 7) is 0. The summed E-state index contributed by atoms with van der Waals surface area (Å²) in [6, 6.07) is 7.42. The Kier molecular flexibility index (Phi) is 2.64. The zero-order valence-electron chi connectivity index (χ0n) is 10.0. The molecule has 98 valence electrons. The van der Waals surface area contributed by atoms with E-state index in [1.165, 1.54) is 0 Å². The normalized spacial score (nSPS) is 28.4. The first-order valence-electron chi connectivity index (χ1n) is 6.16. The van der Waals surface area contributed by atoms with Crippen molar-refractivity contribution in [3.63, 3.8) is 0 Å². The first-order chi connectivity index (χ1) is 8.50. The predicted octanol–water partition coefficient (Wildman–Crippen LogP) is 1.45. The summed E-state index contributed by atoms with van der Waals surface area (Å²) in [4.78, 5) is 0. The molecule has 0 bridgehead atoms. The van der Waals surface area contributed by atoms with Gasteiger partial charge in [-0.25, -0.2) is 8.42 Å². The third-order valence-corrected chi connectivity index (χ3v) is 5.56. The van der Waals surface area contributed by atoms with Crippen LogP contribution in [0.15, 0.2) is 24.3 Å². The van der Waals surface area contributed by atoms with E-state index in [1.807, 2.05) is 24.3 Å². The van der Waals surface area contributed by atoms with Gasteiger partial charge in [-0.1, -0.05) is 18.2 Å². The van der Waals surface area contributed by atoms with Crippen LogP contribution in [0.2, 0.25) is 0 Å². The van der Waals surface area contributed by atoms with Crippen molar-refractivity contribution in [2.24, 2.45) is 0 Å². The van der Waals surface area contributed by atoms with Gasteiger partial charge in [0.15, 0.2) is 9.84 Å². The summed E-state index contributed by atoms with van der Waals surface area (Å²) < 4.78 is 29.0. The van der Waals surface area contributed by atoms with Gasteiger partial charge >= 0.3 is 0 Å². The number of para-hydroxylation sites is 1. The van der Waals surface area contributed by atoms with E-state index in [1.54, 1.807) is 0 Å². The highest BCUT2D eigenvalue weighted by Gasteiger charge is 2.44. The average molecular weight is 268 g/mol. The minimum absolute atomic E-state index is 0.155. The van der Waals surface area contributed by atoms with E-state index in [2.05, 4.69) is 0 Å². The van der Waals surface area contributed by atoms with E-state index in [0.717, 1.165) is 5.56 Å². The molecule has 1 fully saturated rings. The Hall–Kier alpha value is -1.07. The summed E-state index contributed by atoms with van der Waals surface area (Å²) in [6.07, 6.45) is 0.872. The summed E-state index contributed by atoms with van der Waals surface area (Å²) in [5.74, 6) is 1.000. The number of sulfone groups is 1. The van der Waals surface area contributed by atoms with Crippen LogP contribution in [0.25, 0.3) is 0 Å². The maximum absolute atomic E-state index is 11.5. The fraction of sp³-hybridized carbons (Fsp3) is 0.538. The third-order valence-electron chi connectivity index (χ3n) is 3.91. The van der Waals surface area contributed by atoms with Crippen molar-refractivity contribution in [1.82, 2.24) is 0 Å². The molecule has 0 saturated carbocycles. The second kappa shape index (κ2) is 3.96. The number of hydrogen-bond acceptors (Lipinski definition) is 4. The smallest absolute Gasteiger partial charge is 0.150 e. The molecule has 1 aromatic carbocycles. The van der Waals surface area contributed by atoms with E-state index in [9.17, 15) is 13.5 Å². The van der Waals surface area contributed by atoms with Crippen LogP contribution in [-0.4, -0.2) is 30.6 Å². The second-order valence-corrected chi connectivity index (χ2v) is 7.50. The summed E-state index contributed by atoms with van der Waals surface area (Å²) >= 11 is 0. The Balaban J connectivity index is 1.90. The Labute approximate surface area is 107 Å². The lowest BCUT2D eigenvalue weighted by molar-refractivity contribution is -0.0208. The molecular formula is C13H16O4S. The molecule has 0 aliphatic carbocycles. The van der Waals surface area contributed by atoms with Crippen LogP contribution in [0.3, 0.4) is 0 Å². The monoisotopic (exact) mass is 268 g/mol. The fourth-order valence-electron chi connectivity index (χ4n) is 2.80. The molecule has 2 aliphatic heterocycles. The van der Waals surface area contributed by atoms with E-state index >= 15 is 0 Å². The van der Waals surface area contributed by atoms with Crippen molar-refractivity contribution in [1.29, 1.82) is 0 Å². The number of aliphatic hydroxyl groups excluding tert-OH is 1. The van der Waals surface area contributed by atoms with Gasteiger partial charge in [-0.3, -0.25) is 0 Å². The van der Waals surface area contributed by atoms with Crippen LogP contribution in [-0.2, 0) is 9.84 Å². The Morgan fingerprint density at radius 2 is 1.89 bits per heavy atom. The molecule has 0 radical (unpaired) electrons. The standard InChI is InChI=1S/C13H16O4S/c14-11-9-13(5-7-18(15,16)8-6-13)17-12-4-2-1-3-10(11)12/h1-4,11,14H,5-9H2. The second-order valence-electron chi connectivity index (χ2n) is 5.19. The van der Waals surface area contributed by atoms with Gasteiger partial charge in [0.05, 0.1) is 17.6 Å². The minimum atomic E-state index is -2.91. The van der Waals surface area contributed by atoms with Crippen molar-refractivity contribution in [2.75, 3.05) is 11.5 Å². The van der Waals surface area contributed by atoms with E-state index in [-0.39, 0.29) is 11.5 Å². The molecule has 3 rings (SSSR count). The number of benzene rings is 1. The lowest BCUT2D eigenvalue weighted by atomic mass is 9.84. The zero-order chi connectivity index (χ0) is 12.8. The number of ether oxygens (including phenoxy) is 1. The Morgan fingerprint density at radius 1 is 1.22 bits per heavy atom. The van der Waals surface area contributed by atoms with Crippen LogP contribution in [0.1, 0.15) is 30.9 Å². The van der Waals surface area contributed by atoms with Gasteiger partial charge in [-0.15, -0.1) is 0 Å². The Bertz CT molecular complexity index is 550. The van der Waals surface area contributed by atoms with E-state index in [4.69, 9.17) is 4.74 Å². The fourth-order valence-corrected chi connectivity index (χ4v) is 4.37. The molecule has 4 nitrogen and oxygen atoms in total. The van der Waals surface area contributed by atoms with Gasteiger partial charge < -0.3 is 9.84 Å². The van der Waals surface area contributed by atoms with Crippen molar-refractivity contribution in [3.05, 3.63) is 29.8 Å². The first-order valence-corrected chi connectivity index (χ1v) is 7.98. The van der Waals surface area contributed by atoms with Gasteiger partial charge in [0.2, 0.25) is 0 Å². The van der Waals surface area contributed by atoms with Gasteiger partial charge in [-0.2, -0.15) is 0 Å². The zero-order valence-corrected chi connectivity index (χ0v) is 10.8. The quantitative estimate of drug-likeness (QED) is 0.773. The third kappa shape index (κ3) is 2.01. The van der Waals surface area contributed by atoms with Crippen molar-refractivity contribution in [2.45, 2.75) is 31.0 Å². The Morgan fingerprint density at radius 3 is 2.61 bits per heavy atom. The summed E-state index contributed by atoms with van der Waals surface area (Å²) in [5, 5.41) is 10.2. The molecular weight excluding hydrogens is 252 g/mol. The molecule has 0 amide bonds. The van der Waals surface area contributed by atoms with Gasteiger partial charge in [0.1, 0.15) is 11.4 Å². The molecule has 1 aromatic rings. The van der Waals surface area contributed by atoms with Gasteiger partial charge in [0, 0.05) is 24.8 Å². The van der Waals surface area contributed by atoms with Crippen LogP contribution in [0, 0.1) is 0 Å². The molecule has 1 saturated heterocycles. The molecule has 18 heavy (non-hydrogen) atoms. The number of rotatable bonds is 0. The van der Waals surface area contributed by atoms with Crippen molar-refractivity contribution in [3.8, 4) is 5.75 Å². The minimum Gasteiger partial charge on any atom is -0.487 e. The lowest BCUT2D eigenvalue weighted by Crippen LogP contribution is -2.47. The highest BCUT2D eigenvalue weighted by atomic mass is 32.2. The van der Waals surface area contributed by atoms with Crippen molar-refractivity contribution >= 4 is 9.84 Å². The average Bonchev–Trinajstić information content (AvgIpc) is 2.34. The highest BCUT2D eigenvalue weighted by Crippen LogP contribution is 2.44. The molecule has 2 aliphatic rings. The maximum Gasteiger partial charge on any atom is 0.150 e. The topological polar surface area (TPSA) is 63.6 Å². The molecule has 1 N–H and O–H groups in total.